The number of quaternary nitrogens is 2. The van der Waals surface area contributed by atoms with Gasteiger partial charge in [-0.25, -0.2) is 0 Å². The lowest BCUT2D eigenvalue weighted by Crippen LogP contribution is -2.67. The molecule has 0 unspecified atom stereocenters. The molecule has 4 heteroatoms. The highest BCUT2D eigenvalue weighted by Gasteiger charge is 2.40. The van der Waals surface area contributed by atoms with Crippen molar-refractivity contribution in [2.45, 2.75) is 79.1 Å². The highest BCUT2D eigenvalue weighted by atomic mass is 79.9. The second kappa shape index (κ2) is 15.0. The highest BCUT2D eigenvalue weighted by molar-refractivity contribution is 8.93. The van der Waals surface area contributed by atoms with Gasteiger partial charge < -0.3 is 8.97 Å². The van der Waals surface area contributed by atoms with E-state index in [9.17, 15) is 0 Å². The molecule has 0 atom stereocenters. The van der Waals surface area contributed by atoms with Gasteiger partial charge in [0, 0.05) is 0 Å². The highest BCUT2D eigenvalue weighted by Crippen LogP contribution is 2.23. The normalized spacial score (nSPS) is 18.5. The molecule has 1 saturated heterocycles. The topological polar surface area (TPSA) is 0 Å². The van der Waals surface area contributed by atoms with Gasteiger partial charge in [-0.2, -0.15) is 0 Å². The summed E-state index contributed by atoms with van der Waals surface area (Å²) in [6.07, 6.45) is 11.1. The molecule has 0 saturated carbocycles. The lowest BCUT2D eigenvalue weighted by Gasteiger charge is -2.50. The predicted octanol–water partition coefficient (Wildman–Crippen LogP) is 5.99. The van der Waals surface area contributed by atoms with Crippen LogP contribution in [-0.2, 0) is 0 Å². The van der Waals surface area contributed by atoms with Crippen molar-refractivity contribution in [3.63, 3.8) is 0 Å². The molecule has 0 aromatic heterocycles. The summed E-state index contributed by atoms with van der Waals surface area (Å²) in [6.45, 7) is 21.0. The maximum atomic E-state index is 2.35. The van der Waals surface area contributed by atoms with Gasteiger partial charge in [-0.15, -0.1) is 34.0 Å². The van der Waals surface area contributed by atoms with E-state index in [0.717, 1.165) is 0 Å². The van der Waals surface area contributed by atoms with Crippen molar-refractivity contribution >= 4 is 34.0 Å². The van der Waals surface area contributed by atoms with Gasteiger partial charge in [0.05, 0.1) is 26.2 Å². The maximum absolute atomic E-state index is 2.35. The summed E-state index contributed by atoms with van der Waals surface area (Å²) >= 11 is 0. The van der Waals surface area contributed by atoms with Crippen molar-refractivity contribution in [1.29, 1.82) is 0 Å². The Morgan fingerprint density at radius 1 is 0.458 bits per heavy atom. The number of halogens is 2. The third-order valence-electron chi connectivity index (χ3n) is 6.04. The fourth-order valence-corrected chi connectivity index (χ4v) is 4.16. The molecule has 1 heterocycles. The molecule has 1 aliphatic heterocycles. The zero-order valence-electron chi connectivity index (χ0n) is 17.0. The Balaban J connectivity index is 0. The van der Waals surface area contributed by atoms with Crippen LogP contribution in [0.5, 0.6) is 0 Å². The summed E-state index contributed by atoms with van der Waals surface area (Å²) in [5.41, 5.74) is 0. The van der Waals surface area contributed by atoms with E-state index in [1.807, 2.05) is 0 Å². The van der Waals surface area contributed by atoms with Crippen molar-refractivity contribution in [2.24, 2.45) is 0 Å². The molecule has 1 fully saturated rings. The Bertz CT molecular complexity index is 229. The smallest absolute Gasteiger partial charge is 0.129 e. The van der Waals surface area contributed by atoms with Gasteiger partial charge in [0.25, 0.3) is 0 Å². The van der Waals surface area contributed by atoms with Gasteiger partial charge >= 0.3 is 0 Å². The van der Waals surface area contributed by atoms with E-state index < -0.39 is 0 Å². The van der Waals surface area contributed by atoms with E-state index in [2.05, 4.69) is 27.7 Å². The van der Waals surface area contributed by atoms with Crippen LogP contribution < -0.4 is 0 Å². The first-order valence-electron chi connectivity index (χ1n) is 10.4. The molecule has 24 heavy (non-hydrogen) atoms. The van der Waals surface area contributed by atoms with Gasteiger partial charge in [0.1, 0.15) is 26.2 Å². The molecule has 1 rings (SSSR count). The second-order valence-corrected chi connectivity index (χ2v) is 7.89. The van der Waals surface area contributed by atoms with E-state index in [4.69, 9.17) is 0 Å². The standard InChI is InChI=1S/C20H44N2.2BrH/c1-5-9-13-21(14-10-6-2)17-19-22(20-18-21,15-11-7-3)16-12-8-4;;/h5-20H2,1-4H3;2*1H/q+2;;. The molecule has 0 radical (unpaired) electrons. The Kier molecular flexibility index (Phi) is 16.9. The second-order valence-electron chi connectivity index (χ2n) is 7.89. The molecule has 0 aromatic rings. The summed E-state index contributed by atoms with van der Waals surface area (Å²) in [5.74, 6) is 0. The van der Waals surface area contributed by atoms with Crippen LogP contribution in [0.25, 0.3) is 0 Å². The minimum absolute atomic E-state index is 0. The first kappa shape index (κ1) is 27.1. The maximum Gasteiger partial charge on any atom is 0.129 e. The number of piperazine rings is 1. The van der Waals surface area contributed by atoms with Crippen molar-refractivity contribution in [2.75, 3.05) is 52.4 Å². The van der Waals surface area contributed by atoms with Gasteiger partial charge in [-0.1, -0.05) is 53.4 Å². The first-order valence-corrected chi connectivity index (χ1v) is 10.4. The monoisotopic (exact) mass is 472 g/mol. The summed E-state index contributed by atoms with van der Waals surface area (Å²) in [7, 11) is 0. The van der Waals surface area contributed by atoms with Crippen LogP contribution in [0.3, 0.4) is 0 Å². The van der Waals surface area contributed by atoms with E-state index in [0.29, 0.717) is 0 Å². The molecule has 148 valence electrons. The SMILES string of the molecule is Br.Br.CCCC[N+]1(CCCC)CC[N+](CCCC)(CCCC)CC1. The van der Waals surface area contributed by atoms with Crippen LogP contribution in [0.2, 0.25) is 0 Å². The Labute approximate surface area is 174 Å². The Hall–Kier alpha value is 0.880. The van der Waals surface area contributed by atoms with Gasteiger partial charge in [0.15, 0.2) is 0 Å². The minimum Gasteiger partial charge on any atom is -0.314 e. The Morgan fingerprint density at radius 3 is 0.833 bits per heavy atom. The summed E-state index contributed by atoms with van der Waals surface area (Å²) in [5, 5.41) is 0. The average molecular weight is 474 g/mol. The zero-order valence-corrected chi connectivity index (χ0v) is 20.5. The van der Waals surface area contributed by atoms with E-state index >= 15 is 0 Å². The fraction of sp³-hybridized carbons (Fsp3) is 1.00. The van der Waals surface area contributed by atoms with Gasteiger partial charge in [-0.05, 0) is 25.7 Å². The third kappa shape index (κ3) is 9.00. The fourth-order valence-electron chi connectivity index (χ4n) is 4.16. The first-order chi connectivity index (χ1) is 10.7. The molecular weight excluding hydrogens is 428 g/mol. The third-order valence-corrected chi connectivity index (χ3v) is 6.04. The molecular formula is C20H46Br2N2+2. The number of rotatable bonds is 12. The number of hydrogen-bond acceptors (Lipinski definition) is 0. The molecule has 0 aliphatic carbocycles. The summed E-state index contributed by atoms with van der Waals surface area (Å²) in [4.78, 5) is 0. The van der Waals surface area contributed by atoms with Crippen molar-refractivity contribution in [3.05, 3.63) is 0 Å². The van der Waals surface area contributed by atoms with Crippen LogP contribution in [0.15, 0.2) is 0 Å². The molecule has 0 bridgehead atoms. The molecule has 0 N–H and O–H groups in total. The van der Waals surface area contributed by atoms with E-state index in [1.54, 1.807) is 0 Å². The number of unbranched alkanes of at least 4 members (excludes halogenated alkanes) is 4. The molecule has 0 spiro atoms. The van der Waals surface area contributed by atoms with Crippen molar-refractivity contribution in [3.8, 4) is 0 Å². The van der Waals surface area contributed by atoms with Gasteiger partial charge in [-0.3, -0.25) is 0 Å². The largest absolute Gasteiger partial charge is 0.314 e. The van der Waals surface area contributed by atoms with Crippen LogP contribution in [0.1, 0.15) is 79.1 Å². The average Bonchev–Trinajstić information content (AvgIpc) is 2.56. The molecule has 2 nitrogen and oxygen atoms in total. The minimum atomic E-state index is 0. The lowest BCUT2D eigenvalue weighted by atomic mass is 10.1. The molecule has 0 aromatic carbocycles. The predicted molar refractivity (Wildman–Crippen MR) is 120 cm³/mol. The van der Waals surface area contributed by atoms with E-state index in [-0.39, 0.29) is 34.0 Å². The quantitative estimate of drug-likeness (QED) is 0.305. The lowest BCUT2D eigenvalue weighted by molar-refractivity contribution is -1.03. The van der Waals surface area contributed by atoms with E-state index in [1.165, 1.54) is 113 Å². The number of hydrogen-bond donors (Lipinski definition) is 0. The number of nitrogens with zero attached hydrogens (tertiary/aromatic N) is 2. The summed E-state index contributed by atoms with van der Waals surface area (Å²) in [6, 6.07) is 0. The van der Waals surface area contributed by atoms with Crippen LogP contribution in [0, 0.1) is 0 Å². The zero-order chi connectivity index (χ0) is 16.3. The summed E-state index contributed by atoms with van der Waals surface area (Å²) < 4.78 is 2.89. The molecule has 0 amide bonds. The molecule has 1 aliphatic rings. The van der Waals surface area contributed by atoms with Crippen LogP contribution in [-0.4, -0.2) is 61.3 Å². The van der Waals surface area contributed by atoms with Crippen molar-refractivity contribution in [1.82, 2.24) is 0 Å². The van der Waals surface area contributed by atoms with Crippen molar-refractivity contribution < 1.29 is 8.97 Å². The van der Waals surface area contributed by atoms with Crippen LogP contribution >= 0.6 is 34.0 Å². The van der Waals surface area contributed by atoms with Gasteiger partial charge in [0.2, 0.25) is 0 Å². The Morgan fingerprint density at radius 2 is 0.667 bits per heavy atom. The van der Waals surface area contributed by atoms with Crippen LogP contribution in [0.4, 0.5) is 0 Å².